The van der Waals surface area contributed by atoms with E-state index >= 15 is 0 Å². The minimum Gasteiger partial charge on any atom is -0.497 e. The van der Waals surface area contributed by atoms with Crippen LogP contribution in [0.4, 0.5) is 0 Å². The molecule has 0 fully saturated rings. The number of ether oxygens (including phenoxy) is 2. The summed E-state index contributed by atoms with van der Waals surface area (Å²) in [6, 6.07) is 13.0. The third kappa shape index (κ3) is 4.25. The molecule has 1 unspecified atom stereocenters. The summed E-state index contributed by atoms with van der Waals surface area (Å²) in [5.74, 6) is 0.131. The van der Waals surface area contributed by atoms with E-state index in [0.29, 0.717) is 17.9 Å². The van der Waals surface area contributed by atoms with Gasteiger partial charge in [-0.05, 0) is 31.5 Å². The molecule has 0 aliphatic carbocycles. The normalized spacial score (nSPS) is 11.8. The van der Waals surface area contributed by atoms with Crippen LogP contribution >= 0.6 is 0 Å². The lowest BCUT2D eigenvalue weighted by Gasteiger charge is -2.16. The zero-order chi connectivity index (χ0) is 16.1. The van der Waals surface area contributed by atoms with Gasteiger partial charge in [0.2, 0.25) is 0 Å². The first-order valence-electron chi connectivity index (χ1n) is 7.08. The average molecular weight is 300 g/mol. The number of methoxy groups -OCH3 is 1. The van der Waals surface area contributed by atoms with Gasteiger partial charge < -0.3 is 14.6 Å². The van der Waals surface area contributed by atoms with Crippen molar-refractivity contribution in [3.05, 3.63) is 59.2 Å². The molecular formula is C18H20O4. The van der Waals surface area contributed by atoms with Crippen LogP contribution in [0.15, 0.2) is 42.5 Å². The van der Waals surface area contributed by atoms with Crippen LogP contribution in [0, 0.1) is 13.8 Å². The van der Waals surface area contributed by atoms with Crippen molar-refractivity contribution < 1.29 is 19.4 Å². The van der Waals surface area contributed by atoms with E-state index in [2.05, 4.69) is 6.07 Å². The molecule has 0 saturated heterocycles. The van der Waals surface area contributed by atoms with Crippen molar-refractivity contribution in [1.29, 1.82) is 0 Å². The maximum atomic E-state index is 11.5. The molecule has 0 aromatic heterocycles. The molecule has 0 heterocycles. The summed E-state index contributed by atoms with van der Waals surface area (Å²) in [5, 5.41) is 9.40. The van der Waals surface area contributed by atoms with Gasteiger partial charge in [-0.1, -0.05) is 35.4 Å². The van der Waals surface area contributed by atoms with Crippen LogP contribution < -0.4 is 9.47 Å². The Hall–Kier alpha value is -2.49. The van der Waals surface area contributed by atoms with E-state index in [-0.39, 0.29) is 0 Å². The number of carboxylic acid groups (broad SMARTS) is 1. The SMILES string of the molecule is COc1cccc(OC(Cc2cc(C)cc(C)c2)C(=O)O)c1. The number of hydrogen-bond donors (Lipinski definition) is 1. The molecule has 4 heteroatoms. The highest BCUT2D eigenvalue weighted by molar-refractivity contribution is 5.73. The molecule has 0 aliphatic heterocycles. The van der Waals surface area contributed by atoms with Crippen molar-refractivity contribution in [2.24, 2.45) is 0 Å². The maximum absolute atomic E-state index is 11.5. The molecule has 1 atom stereocenters. The van der Waals surface area contributed by atoms with E-state index in [1.807, 2.05) is 26.0 Å². The minimum absolute atomic E-state index is 0.315. The number of hydrogen-bond acceptors (Lipinski definition) is 3. The molecule has 2 aromatic carbocycles. The molecule has 0 aliphatic rings. The third-order valence-electron chi connectivity index (χ3n) is 3.30. The summed E-state index contributed by atoms with van der Waals surface area (Å²) in [7, 11) is 1.56. The van der Waals surface area contributed by atoms with Crippen LogP contribution in [0.2, 0.25) is 0 Å². The monoisotopic (exact) mass is 300 g/mol. The second-order valence-corrected chi connectivity index (χ2v) is 5.32. The minimum atomic E-state index is -0.984. The van der Waals surface area contributed by atoms with Gasteiger partial charge in [-0.25, -0.2) is 4.79 Å². The van der Waals surface area contributed by atoms with Crippen LogP contribution in [0.3, 0.4) is 0 Å². The van der Waals surface area contributed by atoms with E-state index < -0.39 is 12.1 Å². The van der Waals surface area contributed by atoms with Crippen LogP contribution in [0.25, 0.3) is 0 Å². The highest BCUT2D eigenvalue weighted by atomic mass is 16.5. The van der Waals surface area contributed by atoms with Crippen molar-refractivity contribution in [1.82, 2.24) is 0 Å². The lowest BCUT2D eigenvalue weighted by molar-refractivity contribution is -0.145. The van der Waals surface area contributed by atoms with E-state index in [0.717, 1.165) is 16.7 Å². The standard InChI is InChI=1S/C18H20O4/c1-12-7-13(2)9-14(8-12)10-17(18(19)20)22-16-6-4-5-15(11-16)21-3/h4-9,11,17H,10H2,1-3H3,(H,19,20). The second kappa shape index (κ2) is 6.98. The van der Waals surface area contributed by atoms with E-state index in [4.69, 9.17) is 9.47 Å². The number of aryl methyl sites for hydroxylation is 2. The van der Waals surface area contributed by atoms with Gasteiger partial charge in [0.1, 0.15) is 11.5 Å². The second-order valence-electron chi connectivity index (χ2n) is 5.32. The molecule has 22 heavy (non-hydrogen) atoms. The Morgan fingerprint density at radius 1 is 1.09 bits per heavy atom. The summed E-state index contributed by atoms with van der Waals surface area (Å²) in [6.07, 6.45) is -0.622. The third-order valence-corrected chi connectivity index (χ3v) is 3.30. The smallest absolute Gasteiger partial charge is 0.345 e. The molecular weight excluding hydrogens is 280 g/mol. The number of aliphatic carboxylic acids is 1. The van der Waals surface area contributed by atoms with Gasteiger partial charge in [0.25, 0.3) is 0 Å². The molecule has 0 amide bonds. The number of benzene rings is 2. The lowest BCUT2D eigenvalue weighted by Crippen LogP contribution is -2.29. The van der Waals surface area contributed by atoms with Gasteiger partial charge in [0.05, 0.1) is 7.11 Å². The van der Waals surface area contributed by atoms with Crippen LogP contribution in [-0.4, -0.2) is 24.3 Å². The summed E-state index contributed by atoms with van der Waals surface area (Å²) in [6.45, 7) is 3.99. The Kier molecular flexibility index (Phi) is 5.04. The predicted octanol–water partition coefficient (Wildman–Crippen LogP) is 3.39. The highest BCUT2D eigenvalue weighted by Crippen LogP contribution is 2.21. The molecule has 0 bridgehead atoms. The Morgan fingerprint density at radius 2 is 1.73 bits per heavy atom. The van der Waals surface area contributed by atoms with Gasteiger partial charge in [-0.15, -0.1) is 0 Å². The Labute approximate surface area is 130 Å². The van der Waals surface area contributed by atoms with Gasteiger partial charge in [0.15, 0.2) is 6.10 Å². The van der Waals surface area contributed by atoms with Crippen molar-refractivity contribution >= 4 is 5.97 Å². The number of carbonyl (C=O) groups is 1. The first-order valence-corrected chi connectivity index (χ1v) is 7.08. The molecule has 0 radical (unpaired) electrons. The quantitative estimate of drug-likeness (QED) is 0.888. The average Bonchev–Trinajstić information content (AvgIpc) is 2.45. The lowest BCUT2D eigenvalue weighted by atomic mass is 10.0. The molecule has 0 saturated carbocycles. The fourth-order valence-corrected chi connectivity index (χ4v) is 2.42. The van der Waals surface area contributed by atoms with Crippen molar-refractivity contribution in [2.75, 3.05) is 7.11 Å². The summed E-state index contributed by atoms with van der Waals surface area (Å²) >= 11 is 0. The van der Waals surface area contributed by atoms with E-state index in [1.165, 1.54) is 0 Å². The molecule has 0 spiro atoms. The molecule has 2 rings (SSSR count). The largest absolute Gasteiger partial charge is 0.497 e. The zero-order valence-electron chi connectivity index (χ0n) is 13.0. The van der Waals surface area contributed by atoms with Gasteiger partial charge >= 0.3 is 5.97 Å². The van der Waals surface area contributed by atoms with Crippen molar-refractivity contribution in [3.63, 3.8) is 0 Å². The predicted molar refractivity (Wildman–Crippen MR) is 84.7 cm³/mol. The van der Waals surface area contributed by atoms with E-state index in [9.17, 15) is 9.90 Å². The van der Waals surface area contributed by atoms with Gasteiger partial charge in [0, 0.05) is 12.5 Å². The maximum Gasteiger partial charge on any atom is 0.345 e. The molecule has 4 nitrogen and oxygen atoms in total. The first-order chi connectivity index (χ1) is 10.5. The first kappa shape index (κ1) is 15.9. The highest BCUT2D eigenvalue weighted by Gasteiger charge is 2.20. The number of rotatable bonds is 6. The number of carboxylic acids is 1. The summed E-state index contributed by atoms with van der Waals surface area (Å²) in [5.41, 5.74) is 3.17. The topological polar surface area (TPSA) is 55.8 Å². The van der Waals surface area contributed by atoms with Crippen molar-refractivity contribution in [2.45, 2.75) is 26.4 Å². The fourth-order valence-electron chi connectivity index (χ4n) is 2.42. The zero-order valence-corrected chi connectivity index (χ0v) is 13.0. The van der Waals surface area contributed by atoms with Crippen LogP contribution in [-0.2, 0) is 11.2 Å². The van der Waals surface area contributed by atoms with Gasteiger partial charge in [-0.2, -0.15) is 0 Å². The van der Waals surface area contributed by atoms with Crippen LogP contribution in [0.1, 0.15) is 16.7 Å². The van der Waals surface area contributed by atoms with E-state index in [1.54, 1.807) is 31.4 Å². The van der Waals surface area contributed by atoms with Gasteiger partial charge in [-0.3, -0.25) is 0 Å². The summed E-state index contributed by atoms with van der Waals surface area (Å²) in [4.78, 5) is 11.5. The van der Waals surface area contributed by atoms with Crippen LogP contribution in [0.5, 0.6) is 11.5 Å². The Bertz CT molecular complexity index is 644. The summed E-state index contributed by atoms with van der Waals surface area (Å²) < 4.78 is 10.7. The molecule has 116 valence electrons. The Balaban J connectivity index is 2.17. The molecule has 1 N–H and O–H groups in total. The Morgan fingerprint density at radius 3 is 2.32 bits per heavy atom. The molecule has 2 aromatic rings. The fraction of sp³-hybridized carbons (Fsp3) is 0.278. The van der Waals surface area contributed by atoms with Crippen molar-refractivity contribution in [3.8, 4) is 11.5 Å².